The Morgan fingerprint density at radius 3 is 2.65 bits per heavy atom. The summed E-state index contributed by atoms with van der Waals surface area (Å²) < 4.78 is 10.7. The number of benzene rings is 2. The van der Waals surface area contributed by atoms with Crippen molar-refractivity contribution in [3.05, 3.63) is 53.6 Å². The van der Waals surface area contributed by atoms with Gasteiger partial charge in [0.1, 0.15) is 0 Å². The van der Waals surface area contributed by atoms with Crippen molar-refractivity contribution in [2.24, 2.45) is 0 Å². The van der Waals surface area contributed by atoms with Crippen LogP contribution in [0.2, 0.25) is 0 Å². The first-order valence-corrected chi connectivity index (χ1v) is 9.78. The molecule has 0 saturated carbocycles. The smallest absolute Gasteiger partial charge is 0.234 e. The van der Waals surface area contributed by atoms with E-state index in [0.717, 1.165) is 23.6 Å². The molecule has 1 atom stereocenters. The van der Waals surface area contributed by atoms with Crippen LogP contribution in [0.4, 0.5) is 0 Å². The molecule has 0 aliphatic carbocycles. The molecule has 1 aliphatic rings. The lowest BCUT2D eigenvalue weighted by Gasteiger charge is -2.19. The van der Waals surface area contributed by atoms with Crippen molar-refractivity contribution in [2.75, 3.05) is 26.6 Å². The highest BCUT2D eigenvalue weighted by Gasteiger charge is 2.17. The molecular weight excluding hydrogens is 348 g/mol. The van der Waals surface area contributed by atoms with Crippen molar-refractivity contribution in [1.29, 1.82) is 0 Å². The Morgan fingerprint density at radius 2 is 1.92 bits per heavy atom. The Morgan fingerprint density at radius 1 is 1.19 bits per heavy atom. The maximum Gasteiger partial charge on any atom is 0.234 e. The number of rotatable bonds is 7. The van der Waals surface area contributed by atoms with Crippen LogP contribution in [0.25, 0.3) is 0 Å². The van der Waals surface area contributed by atoms with Crippen LogP contribution in [0, 0.1) is 0 Å². The molecule has 0 radical (unpaired) electrons. The summed E-state index contributed by atoms with van der Waals surface area (Å²) >= 11 is 1.72. The third kappa shape index (κ3) is 4.71. The normalized spacial score (nSPS) is 13.7. The van der Waals surface area contributed by atoms with Gasteiger partial charge in [0.05, 0.1) is 12.6 Å². The highest BCUT2D eigenvalue weighted by molar-refractivity contribution is 7.98. The van der Waals surface area contributed by atoms with Gasteiger partial charge in [0.25, 0.3) is 0 Å². The first-order chi connectivity index (χ1) is 12.5. The molecule has 1 aliphatic heterocycles. The molecule has 0 unspecified atom stereocenters. The standard InChI is InChI=1S/C20H24N2O3S/c1-14(16-6-9-18-19(10-16)25-13-24-18)21-20(23)12-22(2)11-15-4-7-17(26-3)8-5-15/h4-10,14H,11-13H2,1-3H3,(H,21,23)/t14-/m0/s1. The predicted octanol–water partition coefficient (Wildman–Crippen LogP) is 3.45. The summed E-state index contributed by atoms with van der Waals surface area (Å²) in [6, 6.07) is 14.1. The minimum atomic E-state index is -0.0914. The van der Waals surface area contributed by atoms with Gasteiger partial charge < -0.3 is 14.8 Å². The van der Waals surface area contributed by atoms with E-state index in [1.807, 2.05) is 37.1 Å². The van der Waals surface area contributed by atoms with Crippen LogP contribution in [0.1, 0.15) is 24.1 Å². The van der Waals surface area contributed by atoms with Crippen LogP contribution in [0.3, 0.4) is 0 Å². The van der Waals surface area contributed by atoms with Crippen molar-refractivity contribution in [2.45, 2.75) is 24.4 Å². The zero-order chi connectivity index (χ0) is 18.5. The number of hydrogen-bond donors (Lipinski definition) is 1. The number of carbonyl (C=O) groups excluding carboxylic acids is 1. The zero-order valence-electron chi connectivity index (χ0n) is 15.3. The molecule has 5 nitrogen and oxygen atoms in total. The number of likely N-dealkylation sites (N-methyl/N-ethyl adjacent to an activating group) is 1. The fourth-order valence-corrected chi connectivity index (χ4v) is 3.30. The van der Waals surface area contributed by atoms with Gasteiger partial charge in [-0.1, -0.05) is 18.2 Å². The largest absolute Gasteiger partial charge is 0.454 e. The second kappa shape index (κ2) is 8.47. The summed E-state index contributed by atoms with van der Waals surface area (Å²) in [7, 11) is 1.95. The topological polar surface area (TPSA) is 50.8 Å². The molecule has 0 bridgehead atoms. The van der Waals surface area contributed by atoms with E-state index >= 15 is 0 Å². The van der Waals surface area contributed by atoms with Gasteiger partial charge in [-0.3, -0.25) is 9.69 Å². The monoisotopic (exact) mass is 372 g/mol. The maximum absolute atomic E-state index is 12.3. The van der Waals surface area contributed by atoms with E-state index in [9.17, 15) is 4.79 Å². The Hall–Kier alpha value is -2.18. The second-order valence-electron chi connectivity index (χ2n) is 6.42. The maximum atomic E-state index is 12.3. The number of nitrogens with zero attached hydrogens (tertiary/aromatic N) is 1. The lowest BCUT2D eigenvalue weighted by Crippen LogP contribution is -2.36. The minimum absolute atomic E-state index is 0.00148. The van der Waals surface area contributed by atoms with Gasteiger partial charge in [0.15, 0.2) is 11.5 Å². The Labute approximate surface area is 158 Å². The van der Waals surface area contributed by atoms with E-state index in [-0.39, 0.29) is 18.7 Å². The number of ether oxygens (including phenoxy) is 2. The van der Waals surface area contributed by atoms with Gasteiger partial charge in [-0.2, -0.15) is 0 Å². The second-order valence-corrected chi connectivity index (χ2v) is 7.30. The number of nitrogens with one attached hydrogen (secondary N) is 1. The third-order valence-corrected chi connectivity index (χ3v) is 5.04. The highest BCUT2D eigenvalue weighted by atomic mass is 32.2. The van der Waals surface area contributed by atoms with Crippen molar-refractivity contribution in [3.8, 4) is 11.5 Å². The molecule has 2 aromatic carbocycles. The van der Waals surface area contributed by atoms with Gasteiger partial charge in [0.2, 0.25) is 12.7 Å². The molecular formula is C20H24N2O3S. The first kappa shape index (κ1) is 18.6. The molecule has 1 N–H and O–H groups in total. The number of hydrogen-bond acceptors (Lipinski definition) is 5. The molecule has 26 heavy (non-hydrogen) atoms. The summed E-state index contributed by atoms with van der Waals surface area (Å²) in [5.41, 5.74) is 2.19. The van der Waals surface area contributed by atoms with Gasteiger partial charge in [0, 0.05) is 11.4 Å². The highest BCUT2D eigenvalue weighted by Crippen LogP contribution is 2.34. The van der Waals surface area contributed by atoms with E-state index in [2.05, 4.69) is 35.8 Å². The van der Waals surface area contributed by atoms with Gasteiger partial charge in [-0.05, 0) is 55.6 Å². The fourth-order valence-electron chi connectivity index (χ4n) is 2.90. The molecule has 1 amide bonds. The van der Waals surface area contributed by atoms with Crippen LogP contribution in [0.15, 0.2) is 47.4 Å². The van der Waals surface area contributed by atoms with Crippen molar-refractivity contribution < 1.29 is 14.3 Å². The summed E-state index contributed by atoms with van der Waals surface area (Å²) in [5, 5.41) is 3.04. The third-order valence-electron chi connectivity index (χ3n) is 4.30. The molecule has 6 heteroatoms. The molecule has 3 rings (SSSR count). The molecule has 0 aromatic heterocycles. The summed E-state index contributed by atoms with van der Waals surface area (Å²) in [6.45, 7) is 3.30. The average Bonchev–Trinajstić information content (AvgIpc) is 3.09. The Balaban J connectivity index is 1.50. The Bertz CT molecular complexity index is 764. The SMILES string of the molecule is CSc1ccc(CN(C)CC(=O)N[C@@H](C)c2ccc3c(c2)OCO3)cc1. The van der Waals surface area contributed by atoms with Crippen LogP contribution >= 0.6 is 11.8 Å². The first-order valence-electron chi connectivity index (χ1n) is 8.55. The molecule has 2 aromatic rings. The number of carbonyl (C=O) groups is 1. The summed E-state index contributed by atoms with van der Waals surface area (Å²) in [5.74, 6) is 1.48. The lowest BCUT2D eigenvalue weighted by atomic mass is 10.1. The molecule has 0 fully saturated rings. The van der Waals surface area contributed by atoms with E-state index in [1.165, 1.54) is 10.5 Å². The van der Waals surface area contributed by atoms with E-state index in [4.69, 9.17) is 9.47 Å². The zero-order valence-corrected chi connectivity index (χ0v) is 16.1. The van der Waals surface area contributed by atoms with Crippen molar-refractivity contribution >= 4 is 17.7 Å². The fraction of sp³-hybridized carbons (Fsp3) is 0.350. The van der Waals surface area contributed by atoms with Crippen molar-refractivity contribution in [1.82, 2.24) is 10.2 Å². The minimum Gasteiger partial charge on any atom is -0.454 e. The number of thioether (sulfide) groups is 1. The lowest BCUT2D eigenvalue weighted by molar-refractivity contribution is -0.122. The van der Waals surface area contributed by atoms with E-state index in [1.54, 1.807) is 11.8 Å². The molecule has 0 saturated heterocycles. The molecule has 138 valence electrons. The van der Waals surface area contributed by atoms with Gasteiger partial charge in [-0.25, -0.2) is 0 Å². The number of fused-ring (bicyclic) bond motifs is 1. The van der Waals surface area contributed by atoms with Crippen LogP contribution in [-0.4, -0.2) is 37.4 Å². The predicted molar refractivity (Wildman–Crippen MR) is 104 cm³/mol. The quantitative estimate of drug-likeness (QED) is 0.755. The van der Waals surface area contributed by atoms with E-state index in [0.29, 0.717) is 6.54 Å². The van der Waals surface area contributed by atoms with Gasteiger partial charge in [-0.15, -0.1) is 11.8 Å². The number of amides is 1. The molecule has 1 heterocycles. The summed E-state index contributed by atoms with van der Waals surface area (Å²) in [6.07, 6.45) is 2.06. The van der Waals surface area contributed by atoms with Crippen LogP contribution in [-0.2, 0) is 11.3 Å². The van der Waals surface area contributed by atoms with E-state index < -0.39 is 0 Å². The molecule has 0 spiro atoms. The Kier molecular flexibility index (Phi) is 6.06. The van der Waals surface area contributed by atoms with Gasteiger partial charge >= 0.3 is 0 Å². The van der Waals surface area contributed by atoms with Crippen LogP contribution in [0.5, 0.6) is 11.5 Å². The summed E-state index contributed by atoms with van der Waals surface area (Å²) in [4.78, 5) is 15.6. The average molecular weight is 372 g/mol. The van der Waals surface area contributed by atoms with Crippen molar-refractivity contribution in [3.63, 3.8) is 0 Å². The van der Waals surface area contributed by atoms with Crippen LogP contribution < -0.4 is 14.8 Å².